The van der Waals surface area contributed by atoms with Crippen molar-refractivity contribution in [3.63, 3.8) is 0 Å². The van der Waals surface area contributed by atoms with Crippen LogP contribution in [0.5, 0.6) is 5.75 Å². The number of thioether (sulfide) groups is 1. The Kier molecular flexibility index (Phi) is 6.71. The van der Waals surface area contributed by atoms with E-state index in [0.717, 1.165) is 22.4 Å². The third kappa shape index (κ3) is 5.04. The number of aryl methyl sites for hydroxylation is 3. The second-order valence-electron chi connectivity index (χ2n) is 8.00. The molecule has 0 amide bonds. The summed E-state index contributed by atoms with van der Waals surface area (Å²) >= 11 is 1.32. The van der Waals surface area contributed by atoms with Gasteiger partial charge in [0.2, 0.25) is 0 Å². The molecule has 0 saturated carbocycles. The van der Waals surface area contributed by atoms with Crippen molar-refractivity contribution in [2.24, 2.45) is 7.05 Å². The Labute approximate surface area is 194 Å². The van der Waals surface area contributed by atoms with E-state index in [4.69, 9.17) is 4.74 Å². The Morgan fingerprint density at radius 1 is 1.12 bits per heavy atom. The Balaban J connectivity index is 1.59. The van der Waals surface area contributed by atoms with Gasteiger partial charge in [-0.3, -0.25) is 14.3 Å². The first-order valence-electron chi connectivity index (χ1n) is 10.6. The molecule has 0 unspecified atom stereocenters. The summed E-state index contributed by atoms with van der Waals surface area (Å²) in [7, 11) is 1.57. The van der Waals surface area contributed by atoms with Gasteiger partial charge in [0.25, 0.3) is 5.56 Å². The topological polar surface area (TPSA) is 102 Å². The molecule has 2 heterocycles. The Morgan fingerprint density at radius 2 is 1.85 bits per heavy atom. The summed E-state index contributed by atoms with van der Waals surface area (Å²) in [5.74, 6) is 1.05. The molecule has 0 aliphatic carbocycles. The fraction of sp³-hybridized carbons (Fsp3) is 0.292. The smallest absolute Gasteiger partial charge is 0.329 e. The number of aliphatic hydroxyl groups excluding tert-OH is 1. The molecule has 4 aromatic rings. The fourth-order valence-electron chi connectivity index (χ4n) is 3.47. The first kappa shape index (κ1) is 22.9. The minimum absolute atomic E-state index is 0.134. The molecule has 2 aromatic heterocycles. The number of para-hydroxylation sites is 1. The standard InChI is InChI=1S/C24H26N4O4S/c1-15-8-10-17(11-9-15)12-28-20-21(27(3)23(31)26-22(20)30)25-24(28)33-14-18(29)13-32-19-7-5-4-6-16(19)2/h4-11,18,29H,12-14H2,1-3H3,(H,26,30,31)/t18-/m1/s1. The lowest BCUT2D eigenvalue weighted by Crippen LogP contribution is -2.29. The van der Waals surface area contributed by atoms with Crippen molar-refractivity contribution in [3.8, 4) is 5.75 Å². The molecule has 0 fully saturated rings. The maximum absolute atomic E-state index is 12.7. The molecule has 172 valence electrons. The SMILES string of the molecule is Cc1ccc(Cn2c(SC[C@H](O)COc3ccccc3C)nc3c2c(=O)[nH]c(=O)n3C)cc1. The molecule has 2 N–H and O–H groups in total. The summed E-state index contributed by atoms with van der Waals surface area (Å²) in [6.07, 6.45) is -0.746. The largest absolute Gasteiger partial charge is 0.491 e. The lowest BCUT2D eigenvalue weighted by atomic mass is 10.1. The average Bonchev–Trinajstić information content (AvgIpc) is 3.16. The van der Waals surface area contributed by atoms with E-state index in [1.807, 2.05) is 62.4 Å². The summed E-state index contributed by atoms with van der Waals surface area (Å²) in [4.78, 5) is 31.6. The van der Waals surface area contributed by atoms with Gasteiger partial charge in [-0.1, -0.05) is 59.8 Å². The number of aliphatic hydroxyl groups is 1. The summed E-state index contributed by atoms with van der Waals surface area (Å²) < 4.78 is 8.86. The minimum atomic E-state index is -0.746. The van der Waals surface area contributed by atoms with Gasteiger partial charge in [0.15, 0.2) is 16.3 Å². The molecule has 9 heteroatoms. The van der Waals surface area contributed by atoms with E-state index in [1.165, 1.54) is 16.3 Å². The lowest BCUT2D eigenvalue weighted by Gasteiger charge is -2.14. The molecule has 0 radical (unpaired) electrons. The van der Waals surface area contributed by atoms with E-state index >= 15 is 0 Å². The van der Waals surface area contributed by atoms with Gasteiger partial charge in [-0.25, -0.2) is 9.78 Å². The highest BCUT2D eigenvalue weighted by Gasteiger charge is 2.19. The van der Waals surface area contributed by atoms with Gasteiger partial charge < -0.3 is 14.4 Å². The van der Waals surface area contributed by atoms with Crippen molar-refractivity contribution < 1.29 is 9.84 Å². The van der Waals surface area contributed by atoms with Crippen LogP contribution in [0.1, 0.15) is 16.7 Å². The van der Waals surface area contributed by atoms with Crippen LogP contribution in [0, 0.1) is 13.8 Å². The van der Waals surface area contributed by atoms with Crippen LogP contribution >= 0.6 is 11.8 Å². The molecule has 2 aromatic carbocycles. The number of rotatable bonds is 8. The molecular weight excluding hydrogens is 440 g/mol. The van der Waals surface area contributed by atoms with Crippen LogP contribution in [-0.4, -0.2) is 42.7 Å². The normalized spacial score (nSPS) is 12.2. The highest BCUT2D eigenvalue weighted by Crippen LogP contribution is 2.24. The van der Waals surface area contributed by atoms with Crippen molar-refractivity contribution in [2.45, 2.75) is 31.7 Å². The first-order valence-corrected chi connectivity index (χ1v) is 11.6. The third-order valence-electron chi connectivity index (χ3n) is 5.36. The second-order valence-corrected chi connectivity index (χ2v) is 8.99. The highest BCUT2D eigenvalue weighted by molar-refractivity contribution is 7.99. The van der Waals surface area contributed by atoms with E-state index in [1.54, 1.807) is 11.6 Å². The number of aromatic amines is 1. The number of aromatic nitrogens is 4. The minimum Gasteiger partial charge on any atom is -0.491 e. The van der Waals surface area contributed by atoms with Gasteiger partial charge >= 0.3 is 5.69 Å². The van der Waals surface area contributed by atoms with E-state index in [2.05, 4.69) is 9.97 Å². The number of fused-ring (bicyclic) bond motifs is 1. The quantitative estimate of drug-likeness (QED) is 0.387. The zero-order valence-corrected chi connectivity index (χ0v) is 19.6. The third-order valence-corrected chi connectivity index (χ3v) is 6.48. The van der Waals surface area contributed by atoms with E-state index in [9.17, 15) is 14.7 Å². The predicted octanol–water partition coefficient (Wildman–Crippen LogP) is 2.62. The molecule has 0 bridgehead atoms. The monoisotopic (exact) mass is 466 g/mol. The van der Waals surface area contributed by atoms with Gasteiger partial charge in [-0.2, -0.15) is 0 Å². The predicted molar refractivity (Wildman–Crippen MR) is 129 cm³/mol. The summed E-state index contributed by atoms with van der Waals surface area (Å²) in [5.41, 5.74) is 2.77. The Hall–Kier alpha value is -3.30. The number of hydrogen-bond acceptors (Lipinski definition) is 6. The van der Waals surface area contributed by atoms with E-state index < -0.39 is 17.4 Å². The Bertz CT molecular complexity index is 1390. The summed E-state index contributed by atoms with van der Waals surface area (Å²) in [6, 6.07) is 15.6. The maximum atomic E-state index is 12.7. The van der Waals surface area contributed by atoms with Gasteiger partial charge in [0.1, 0.15) is 12.4 Å². The van der Waals surface area contributed by atoms with Crippen LogP contribution in [0.3, 0.4) is 0 Å². The molecule has 1 atom stereocenters. The number of nitrogens with one attached hydrogen (secondary N) is 1. The van der Waals surface area contributed by atoms with Crippen LogP contribution in [0.25, 0.3) is 11.2 Å². The zero-order chi connectivity index (χ0) is 23.5. The summed E-state index contributed by atoms with van der Waals surface area (Å²) in [5, 5.41) is 11.0. The molecule has 8 nitrogen and oxygen atoms in total. The van der Waals surface area contributed by atoms with Crippen molar-refractivity contribution in [2.75, 3.05) is 12.4 Å². The zero-order valence-electron chi connectivity index (χ0n) is 18.7. The van der Waals surface area contributed by atoms with Crippen molar-refractivity contribution >= 4 is 22.9 Å². The number of ether oxygens (including phenoxy) is 1. The Morgan fingerprint density at radius 3 is 2.58 bits per heavy atom. The van der Waals surface area contributed by atoms with Crippen LogP contribution < -0.4 is 16.0 Å². The van der Waals surface area contributed by atoms with Crippen molar-refractivity contribution in [3.05, 3.63) is 86.1 Å². The maximum Gasteiger partial charge on any atom is 0.329 e. The number of imidazole rings is 1. The van der Waals surface area contributed by atoms with Gasteiger partial charge in [0, 0.05) is 12.8 Å². The van der Waals surface area contributed by atoms with Gasteiger partial charge in [-0.15, -0.1) is 0 Å². The van der Waals surface area contributed by atoms with E-state index in [-0.39, 0.29) is 6.61 Å². The molecule has 33 heavy (non-hydrogen) atoms. The molecule has 0 aliphatic rings. The lowest BCUT2D eigenvalue weighted by molar-refractivity contribution is 0.126. The van der Waals surface area contributed by atoms with Crippen molar-refractivity contribution in [1.82, 2.24) is 19.1 Å². The molecule has 4 rings (SSSR count). The van der Waals surface area contributed by atoms with Crippen LogP contribution in [0.4, 0.5) is 0 Å². The molecule has 0 aliphatic heterocycles. The van der Waals surface area contributed by atoms with Crippen LogP contribution in [0.15, 0.2) is 63.3 Å². The van der Waals surface area contributed by atoms with Crippen LogP contribution in [0.2, 0.25) is 0 Å². The second kappa shape index (κ2) is 9.68. The summed E-state index contributed by atoms with van der Waals surface area (Å²) in [6.45, 7) is 4.51. The molecule has 0 saturated heterocycles. The fourth-order valence-corrected chi connectivity index (χ4v) is 4.37. The molecule has 0 spiro atoms. The number of nitrogens with zero attached hydrogens (tertiary/aromatic N) is 3. The number of hydrogen-bond donors (Lipinski definition) is 2. The van der Waals surface area contributed by atoms with Crippen molar-refractivity contribution in [1.29, 1.82) is 0 Å². The van der Waals surface area contributed by atoms with E-state index in [0.29, 0.717) is 28.6 Å². The average molecular weight is 467 g/mol. The first-order chi connectivity index (χ1) is 15.8. The number of H-pyrrole nitrogens is 1. The highest BCUT2D eigenvalue weighted by atomic mass is 32.2. The van der Waals surface area contributed by atoms with Crippen LogP contribution in [-0.2, 0) is 13.6 Å². The van der Waals surface area contributed by atoms with Gasteiger partial charge in [-0.05, 0) is 31.0 Å². The number of benzene rings is 2. The molecular formula is C24H26N4O4S. The van der Waals surface area contributed by atoms with Gasteiger partial charge in [0.05, 0.1) is 12.6 Å².